The lowest BCUT2D eigenvalue weighted by Gasteiger charge is -2.12. The normalized spacial score (nSPS) is 11.0. The number of halogens is 4. The smallest absolute Gasteiger partial charge is 0.190 e. The van der Waals surface area contributed by atoms with Gasteiger partial charge in [-0.15, -0.1) is 24.0 Å². The Morgan fingerprint density at radius 3 is 2.12 bits per heavy atom. The molecule has 0 aliphatic rings. The van der Waals surface area contributed by atoms with Gasteiger partial charge in [0.1, 0.15) is 17.5 Å². The van der Waals surface area contributed by atoms with Crippen molar-refractivity contribution >= 4 is 29.9 Å². The summed E-state index contributed by atoms with van der Waals surface area (Å²) in [5.41, 5.74) is 0.937. The van der Waals surface area contributed by atoms with Crippen LogP contribution in [0.4, 0.5) is 13.2 Å². The van der Waals surface area contributed by atoms with Gasteiger partial charge in [-0.2, -0.15) is 0 Å². The minimum Gasteiger partial charge on any atom is -0.356 e. The molecule has 2 rings (SSSR count). The van der Waals surface area contributed by atoms with Gasteiger partial charge in [-0.05, 0) is 48.2 Å². The maximum absolute atomic E-state index is 13.5. The van der Waals surface area contributed by atoms with E-state index in [0.29, 0.717) is 43.0 Å². The molecule has 0 saturated carbocycles. The molecule has 0 aliphatic heterocycles. The Morgan fingerprint density at radius 1 is 0.880 bits per heavy atom. The molecule has 7 heteroatoms. The van der Waals surface area contributed by atoms with Crippen LogP contribution in [0.1, 0.15) is 11.1 Å². The van der Waals surface area contributed by atoms with Crippen LogP contribution in [-0.2, 0) is 12.8 Å². The summed E-state index contributed by atoms with van der Waals surface area (Å²) < 4.78 is 40.2. The van der Waals surface area contributed by atoms with Crippen LogP contribution < -0.4 is 10.6 Å². The summed E-state index contributed by atoms with van der Waals surface area (Å²) in [5, 5.41) is 6.08. The molecule has 0 atom stereocenters. The van der Waals surface area contributed by atoms with E-state index in [2.05, 4.69) is 15.6 Å². The summed E-state index contributed by atoms with van der Waals surface area (Å²) in [4.78, 5) is 4.05. The molecule has 0 radical (unpaired) electrons. The van der Waals surface area contributed by atoms with Gasteiger partial charge in [-0.25, -0.2) is 13.2 Å². The summed E-state index contributed by atoms with van der Waals surface area (Å²) in [6, 6.07) is 10.0. The Hall–Kier alpha value is -1.77. The van der Waals surface area contributed by atoms with Crippen molar-refractivity contribution < 1.29 is 13.2 Å². The number of nitrogens with zero attached hydrogens (tertiary/aromatic N) is 1. The molecule has 0 heterocycles. The molecular formula is C18H21F3IN3. The SMILES string of the molecule is CN=C(NCCc1ccccc1F)NCCc1cc(F)ccc1F.I. The molecule has 2 N–H and O–H groups in total. The maximum atomic E-state index is 13.5. The first-order valence-corrected chi connectivity index (χ1v) is 7.72. The number of benzene rings is 2. The summed E-state index contributed by atoms with van der Waals surface area (Å²) >= 11 is 0. The maximum Gasteiger partial charge on any atom is 0.190 e. The first kappa shape index (κ1) is 21.3. The van der Waals surface area contributed by atoms with Crippen LogP contribution in [0, 0.1) is 17.5 Å². The molecule has 2 aromatic rings. The quantitative estimate of drug-likeness (QED) is 0.390. The first-order chi connectivity index (χ1) is 11.6. The van der Waals surface area contributed by atoms with Crippen LogP contribution in [-0.4, -0.2) is 26.1 Å². The van der Waals surface area contributed by atoms with E-state index in [1.165, 1.54) is 12.1 Å². The van der Waals surface area contributed by atoms with E-state index in [1.807, 2.05) is 0 Å². The number of aliphatic imine (C=N–C) groups is 1. The molecule has 0 spiro atoms. The third kappa shape index (κ3) is 6.93. The molecule has 136 valence electrons. The highest BCUT2D eigenvalue weighted by atomic mass is 127. The number of hydrogen-bond donors (Lipinski definition) is 2. The Bertz CT molecular complexity index is 708. The average Bonchev–Trinajstić information content (AvgIpc) is 2.58. The monoisotopic (exact) mass is 463 g/mol. The molecular weight excluding hydrogens is 442 g/mol. The lowest BCUT2D eigenvalue weighted by Crippen LogP contribution is -2.39. The van der Waals surface area contributed by atoms with Gasteiger partial charge in [0.05, 0.1) is 0 Å². The zero-order chi connectivity index (χ0) is 17.4. The van der Waals surface area contributed by atoms with Gasteiger partial charge in [0.15, 0.2) is 5.96 Å². The molecule has 0 aliphatic carbocycles. The molecule has 0 fully saturated rings. The Labute approximate surface area is 162 Å². The summed E-state index contributed by atoms with van der Waals surface area (Å²) in [5.74, 6) is -0.591. The van der Waals surface area contributed by atoms with Gasteiger partial charge < -0.3 is 10.6 Å². The van der Waals surface area contributed by atoms with Gasteiger partial charge in [0, 0.05) is 20.1 Å². The molecule has 0 bridgehead atoms. The van der Waals surface area contributed by atoms with E-state index in [-0.39, 0.29) is 29.8 Å². The Kier molecular flexibility index (Phi) is 9.33. The number of rotatable bonds is 6. The summed E-state index contributed by atoms with van der Waals surface area (Å²) in [6.45, 7) is 0.911. The van der Waals surface area contributed by atoms with Gasteiger partial charge in [0.25, 0.3) is 0 Å². The first-order valence-electron chi connectivity index (χ1n) is 7.72. The predicted molar refractivity (Wildman–Crippen MR) is 105 cm³/mol. The lowest BCUT2D eigenvalue weighted by atomic mass is 10.1. The standard InChI is InChI=1S/C18H20F3N3.HI/c1-22-18(23-10-8-13-4-2-3-5-16(13)20)24-11-9-14-12-15(19)6-7-17(14)21;/h2-7,12H,8-11H2,1H3,(H2,22,23,24);1H. The highest BCUT2D eigenvalue weighted by Gasteiger charge is 2.05. The fourth-order valence-electron chi connectivity index (χ4n) is 2.29. The molecule has 0 unspecified atom stereocenters. The van der Waals surface area contributed by atoms with Gasteiger partial charge in [-0.3, -0.25) is 4.99 Å². The van der Waals surface area contributed by atoms with Gasteiger partial charge in [0.2, 0.25) is 0 Å². The highest BCUT2D eigenvalue weighted by Crippen LogP contribution is 2.09. The number of guanidine groups is 1. The molecule has 2 aromatic carbocycles. The van der Waals surface area contributed by atoms with Crippen molar-refractivity contribution in [1.82, 2.24) is 10.6 Å². The topological polar surface area (TPSA) is 36.4 Å². The number of hydrogen-bond acceptors (Lipinski definition) is 1. The molecule has 0 saturated heterocycles. The van der Waals surface area contributed by atoms with Crippen molar-refractivity contribution in [2.75, 3.05) is 20.1 Å². The molecule has 25 heavy (non-hydrogen) atoms. The third-order valence-corrected chi connectivity index (χ3v) is 3.56. The minimum absolute atomic E-state index is 0. The second-order valence-corrected chi connectivity index (χ2v) is 5.25. The Morgan fingerprint density at radius 2 is 1.48 bits per heavy atom. The predicted octanol–water partition coefficient (Wildman–Crippen LogP) is 3.67. The van der Waals surface area contributed by atoms with E-state index in [9.17, 15) is 13.2 Å². The Balaban J connectivity index is 0.00000312. The van der Waals surface area contributed by atoms with Crippen LogP contribution >= 0.6 is 24.0 Å². The fourth-order valence-corrected chi connectivity index (χ4v) is 2.29. The van der Waals surface area contributed by atoms with E-state index < -0.39 is 11.6 Å². The van der Waals surface area contributed by atoms with E-state index in [4.69, 9.17) is 0 Å². The van der Waals surface area contributed by atoms with E-state index in [0.717, 1.165) is 12.1 Å². The van der Waals surface area contributed by atoms with E-state index >= 15 is 0 Å². The van der Waals surface area contributed by atoms with Crippen molar-refractivity contribution in [3.63, 3.8) is 0 Å². The third-order valence-electron chi connectivity index (χ3n) is 3.56. The van der Waals surface area contributed by atoms with Crippen LogP contribution in [0.5, 0.6) is 0 Å². The lowest BCUT2D eigenvalue weighted by molar-refractivity contribution is 0.583. The molecule has 0 aromatic heterocycles. The van der Waals surface area contributed by atoms with Crippen molar-refractivity contribution in [2.45, 2.75) is 12.8 Å². The highest BCUT2D eigenvalue weighted by molar-refractivity contribution is 14.0. The van der Waals surface area contributed by atoms with Crippen molar-refractivity contribution in [1.29, 1.82) is 0 Å². The molecule has 3 nitrogen and oxygen atoms in total. The van der Waals surface area contributed by atoms with Gasteiger partial charge >= 0.3 is 0 Å². The average molecular weight is 463 g/mol. The van der Waals surface area contributed by atoms with Gasteiger partial charge in [-0.1, -0.05) is 18.2 Å². The minimum atomic E-state index is -0.459. The number of nitrogens with one attached hydrogen (secondary N) is 2. The van der Waals surface area contributed by atoms with Crippen LogP contribution in [0.2, 0.25) is 0 Å². The second kappa shape index (κ2) is 11.0. The summed E-state index contributed by atoms with van der Waals surface area (Å²) in [7, 11) is 1.61. The fraction of sp³-hybridized carbons (Fsp3) is 0.278. The van der Waals surface area contributed by atoms with E-state index in [1.54, 1.807) is 25.2 Å². The second-order valence-electron chi connectivity index (χ2n) is 5.25. The summed E-state index contributed by atoms with van der Waals surface area (Å²) in [6.07, 6.45) is 0.851. The largest absolute Gasteiger partial charge is 0.356 e. The zero-order valence-corrected chi connectivity index (χ0v) is 16.2. The van der Waals surface area contributed by atoms with Crippen LogP contribution in [0.25, 0.3) is 0 Å². The van der Waals surface area contributed by atoms with Crippen molar-refractivity contribution in [3.8, 4) is 0 Å². The zero-order valence-electron chi connectivity index (χ0n) is 13.9. The molecule has 0 amide bonds. The van der Waals surface area contributed by atoms with Crippen LogP contribution in [0.3, 0.4) is 0 Å². The van der Waals surface area contributed by atoms with Crippen molar-refractivity contribution in [2.24, 2.45) is 4.99 Å². The van der Waals surface area contributed by atoms with Crippen LogP contribution in [0.15, 0.2) is 47.5 Å². The van der Waals surface area contributed by atoms with Crippen molar-refractivity contribution in [3.05, 3.63) is 71.0 Å².